The molecule has 4 heteroatoms. The monoisotopic (exact) mass is 564 g/mol. The van der Waals surface area contributed by atoms with Crippen LogP contribution in [0.1, 0.15) is 17.3 Å². The molecular formula is C40H28N4. The first-order valence-corrected chi connectivity index (χ1v) is 15.0. The second-order valence-electron chi connectivity index (χ2n) is 11.3. The molecule has 1 atom stereocenters. The van der Waals surface area contributed by atoms with E-state index in [9.17, 15) is 0 Å². The second-order valence-corrected chi connectivity index (χ2v) is 11.3. The minimum atomic E-state index is -0.234. The van der Waals surface area contributed by atoms with Gasteiger partial charge in [-0.25, -0.2) is 0 Å². The molecule has 1 aliphatic rings. The van der Waals surface area contributed by atoms with Gasteiger partial charge in [0.2, 0.25) is 0 Å². The third-order valence-electron chi connectivity index (χ3n) is 8.72. The number of benzene rings is 6. The SMILES string of the molecule is C1=C(n2c3ccc4ccccc4c3c3c2c2ccccc2n3-c2ccccc2)NC(c2ccccc2)N=C1c1ccccc1. The Hall–Kier alpha value is -5.87. The number of nitrogens with one attached hydrogen (secondary N) is 1. The summed E-state index contributed by atoms with van der Waals surface area (Å²) in [6, 6.07) is 53.7. The quantitative estimate of drug-likeness (QED) is 0.227. The summed E-state index contributed by atoms with van der Waals surface area (Å²) >= 11 is 0. The third-order valence-corrected chi connectivity index (χ3v) is 8.72. The lowest BCUT2D eigenvalue weighted by Crippen LogP contribution is -2.27. The van der Waals surface area contributed by atoms with Crippen LogP contribution in [0.4, 0.5) is 0 Å². The molecule has 0 aliphatic carbocycles. The van der Waals surface area contributed by atoms with Crippen LogP contribution in [0.3, 0.4) is 0 Å². The molecule has 0 bridgehead atoms. The van der Waals surface area contributed by atoms with Gasteiger partial charge in [-0.2, -0.15) is 0 Å². The zero-order valence-corrected chi connectivity index (χ0v) is 23.9. The molecule has 1 unspecified atom stereocenters. The summed E-state index contributed by atoms with van der Waals surface area (Å²) in [5, 5.41) is 8.75. The smallest absolute Gasteiger partial charge is 0.146 e. The Morgan fingerprint density at radius 1 is 0.523 bits per heavy atom. The van der Waals surface area contributed by atoms with Crippen LogP contribution >= 0.6 is 0 Å². The molecule has 6 aromatic carbocycles. The maximum Gasteiger partial charge on any atom is 0.146 e. The van der Waals surface area contributed by atoms with Gasteiger partial charge in [-0.3, -0.25) is 9.56 Å². The van der Waals surface area contributed by atoms with Crippen LogP contribution in [0.5, 0.6) is 0 Å². The summed E-state index contributed by atoms with van der Waals surface area (Å²) in [4.78, 5) is 5.22. The van der Waals surface area contributed by atoms with Crippen molar-refractivity contribution in [1.82, 2.24) is 14.5 Å². The Kier molecular flexibility index (Phi) is 5.53. The van der Waals surface area contributed by atoms with Crippen LogP contribution in [0.25, 0.3) is 55.1 Å². The first kappa shape index (κ1) is 24.7. The van der Waals surface area contributed by atoms with Gasteiger partial charge in [-0.1, -0.05) is 127 Å². The number of para-hydroxylation sites is 2. The van der Waals surface area contributed by atoms with E-state index in [1.165, 1.54) is 38.1 Å². The van der Waals surface area contributed by atoms with Crippen molar-refractivity contribution in [2.45, 2.75) is 6.17 Å². The van der Waals surface area contributed by atoms with Crippen molar-refractivity contribution >= 4 is 55.1 Å². The van der Waals surface area contributed by atoms with E-state index in [4.69, 9.17) is 4.99 Å². The van der Waals surface area contributed by atoms with Crippen LogP contribution in [0.2, 0.25) is 0 Å². The first-order valence-electron chi connectivity index (χ1n) is 15.0. The highest BCUT2D eigenvalue weighted by Gasteiger charge is 2.27. The third kappa shape index (κ3) is 3.74. The molecule has 0 saturated heterocycles. The topological polar surface area (TPSA) is 34.2 Å². The van der Waals surface area contributed by atoms with Gasteiger partial charge in [0.15, 0.2) is 0 Å². The molecule has 0 radical (unpaired) electrons. The number of hydrogen-bond acceptors (Lipinski definition) is 2. The van der Waals surface area contributed by atoms with Crippen LogP contribution in [-0.4, -0.2) is 14.8 Å². The lowest BCUT2D eigenvalue weighted by molar-refractivity contribution is 0.646. The summed E-state index contributed by atoms with van der Waals surface area (Å²) < 4.78 is 4.85. The van der Waals surface area contributed by atoms with E-state index in [-0.39, 0.29) is 6.17 Å². The zero-order chi connectivity index (χ0) is 29.0. The van der Waals surface area contributed by atoms with Crippen molar-refractivity contribution in [3.8, 4) is 5.69 Å². The lowest BCUT2D eigenvalue weighted by atomic mass is 10.1. The number of hydrogen-bond donors (Lipinski definition) is 1. The normalized spacial score (nSPS) is 15.0. The molecule has 8 aromatic rings. The summed E-state index contributed by atoms with van der Waals surface area (Å²) in [6.45, 7) is 0. The highest BCUT2D eigenvalue weighted by Crippen LogP contribution is 2.43. The molecule has 0 amide bonds. The number of fused-ring (bicyclic) bond motifs is 7. The molecule has 2 aromatic heterocycles. The van der Waals surface area contributed by atoms with Crippen LogP contribution in [0, 0.1) is 0 Å². The fraction of sp³-hybridized carbons (Fsp3) is 0.0250. The molecule has 0 spiro atoms. The summed E-state index contributed by atoms with van der Waals surface area (Å²) in [6.07, 6.45) is 1.97. The van der Waals surface area contributed by atoms with Crippen molar-refractivity contribution in [1.29, 1.82) is 0 Å². The maximum atomic E-state index is 5.22. The van der Waals surface area contributed by atoms with Crippen molar-refractivity contribution in [2.24, 2.45) is 4.99 Å². The minimum absolute atomic E-state index is 0.234. The predicted octanol–water partition coefficient (Wildman–Crippen LogP) is 9.48. The molecule has 208 valence electrons. The fourth-order valence-electron chi connectivity index (χ4n) is 6.80. The number of nitrogens with zero attached hydrogens (tertiary/aromatic N) is 3. The van der Waals surface area contributed by atoms with E-state index in [0.717, 1.165) is 33.9 Å². The van der Waals surface area contributed by atoms with E-state index < -0.39 is 0 Å². The van der Waals surface area contributed by atoms with Gasteiger partial charge < -0.3 is 9.88 Å². The largest absolute Gasteiger partial charge is 0.346 e. The molecule has 9 rings (SSSR count). The molecule has 0 fully saturated rings. The molecule has 44 heavy (non-hydrogen) atoms. The average Bonchev–Trinajstić information content (AvgIpc) is 3.62. The van der Waals surface area contributed by atoms with Crippen molar-refractivity contribution < 1.29 is 0 Å². The van der Waals surface area contributed by atoms with Gasteiger partial charge in [-0.15, -0.1) is 0 Å². The molecule has 4 nitrogen and oxygen atoms in total. The molecule has 3 heterocycles. The van der Waals surface area contributed by atoms with Gasteiger partial charge in [0, 0.05) is 22.5 Å². The standard InChI is InChI=1S/C40H28N4/c1-4-15-28(16-5-1)33-26-36(42-40(41-33)29-17-6-2-7-18-29)44-35-25-24-27-14-10-11-21-31(27)37(35)39-38(44)32-22-12-13-23-34(32)43(39)30-19-8-3-9-20-30/h1-26,40,42H. The highest BCUT2D eigenvalue weighted by atomic mass is 15.2. The Labute approximate surface area is 254 Å². The summed E-state index contributed by atoms with van der Waals surface area (Å²) in [7, 11) is 0. The molecule has 1 N–H and O–H groups in total. The zero-order valence-electron chi connectivity index (χ0n) is 23.9. The van der Waals surface area contributed by atoms with Gasteiger partial charge in [0.1, 0.15) is 12.0 Å². The molecule has 1 aliphatic heterocycles. The van der Waals surface area contributed by atoms with E-state index in [1.807, 2.05) is 0 Å². The Morgan fingerprint density at radius 3 is 1.98 bits per heavy atom. The average molecular weight is 565 g/mol. The Morgan fingerprint density at radius 2 is 1.18 bits per heavy atom. The number of aromatic nitrogens is 2. The number of rotatable bonds is 4. The number of aliphatic imine (C=N–C) groups is 1. The van der Waals surface area contributed by atoms with Crippen molar-refractivity contribution in [2.75, 3.05) is 0 Å². The van der Waals surface area contributed by atoms with Crippen LogP contribution in [0.15, 0.2) is 163 Å². The first-order chi connectivity index (χ1) is 21.8. The summed E-state index contributed by atoms with van der Waals surface area (Å²) in [5.41, 5.74) is 9.03. The van der Waals surface area contributed by atoms with Gasteiger partial charge in [0.05, 0.1) is 27.8 Å². The number of allylic oxidation sites excluding steroid dienone is 1. The van der Waals surface area contributed by atoms with E-state index >= 15 is 0 Å². The second kappa shape index (κ2) is 9.85. The van der Waals surface area contributed by atoms with E-state index in [1.54, 1.807) is 0 Å². The van der Waals surface area contributed by atoms with Crippen LogP contribution in [-0.2, 0) is 0 Å². The maximum absolute atomic E-state index is 5.22. The summed E-state index contributed by atoms with van der Waals surface area (Å²) in [5.74, 6) is 0.999. The molecule has 0 saturated carbocycles. The Bertz CT molecular complexity index is 2400. The molecular weight excluding hydrogens is 536 g/mol. The van der Waals surface area contributed by atoms with Crippen molar-refractivity contribution in [3.05, 3.63) is 169 Å². The van der Waals surface area contributed by atoms with Gasteiger partial charge in [-0.05, 0) is 46.2 Å². The van der Waals surface area contributed by atoms with Gasteiger partial charge in [0.25, 0.3) is 0 Å². The van der Waals surface area contributed by atoms with Gasteiger partial charge >= 0.3 is 0 Å². The lowest BCUT2D eigenvalue weighted by Gasteiger charge is -2.26. The fourth-order valence-corrected chi connectivity index (χ4v) is 6.80. The predicted molar refractivity (Wildman–Crippen MR) is 183 cm³/mol. The van der Waals surface area contributed by atoms with E-state index in [0.29, 0.717) is 0 Å². The highest BCUT2D eigenvalue weighted by molar-refractivity contribution is 6.27. The van der Waals surface area contributed by atoms with E-state index in [2.05, 4.69) is 172 Å². The van der Waals surface area contributed by atoms with Crippen LogP contribution < -0.4 is 5.32 Å². The Balaban J connectivity index is 1.43. The van der Waals surface area contributed by atoms with Crippen molar-refractivity contribution in [3.63, 3.8) is 0 Å². The minimum Gasteiger partial charge on any atom is -0.346 e.